The van der Waals surface area contributed by atoms with Crippen molar-refractivity contribution in [2.24, 2.45) is 0 Å². The molecule has 0 aliphatic carbocycles. The molecule has 0 rings (SSSR count). The molecule has 1 nitrogen and oxygen atoms in total. The van der Waals surface area contributed by atoms with E-state index in [1.165, 1.54) is 10.6 Å². The molecule has 0 aromatic rings. The Morgan fingerprint density at radius 2 is 1.25 bits per heavy atom. The third-order valence-electron chi connectivity index (χ3n) is 1.37. The van der Waals surface area contributed by atoms with Gasteiger partial charge in [0.1, 0.15) is 0 Å². The van der Waals surface area contributed by atoms with Crippen LogP contribution in [0.15, 0.2) is 0 Å². The summed E-state index contributed by atoms with van der Waals surface area (Å²) in [7, 11) is 0. The van der Waals surface area contributed by atoms with Gasteiger partial charge in [0.25, 0.3) is 0 Å². The van der Waals surface area contributed by atoms with Crippen LogP contribution in [0.25, 0.3) is 0 Å². The smallest absolute Gasteiger partial charge is 0.236 e. The molecule has 0 heterocycles. The van der Waals surface area contributed by atoms with Crippen molar-refractivity contribution in [3.63, 3.8) is 0 Å². The van der Waals surface area contributed by atoms with E-state index >= 15 is 0 Å². The van der Waals surface area contributed by atoms with Crippen LogP contribution in [0.1, 0.15) is 41.5 Å². The van der Waals surface area contributed by atoms with E-state index in [0.717, 1.165) is 0 Å². The van der Waals surface area contributed by atoms with Crippen molar-refractivity contribution in [3.8, 4) is 0 Å². The molecule has 74 valence electrons. The molecule has 0 saturated heterocycles. The summed E-state index contributed by atoms with van der Waals surface area (Å²) in [4.78, 5) is 0. The van der Waals surface area contributed by atoms with Crippen molar-refractivity contribution < 1.29 is 0 Å². The monoisotopic (exact) mass is 187 g/mol. The molecule has 2 heteroatoms. The highest BCUT2D eigenvalue weighted by Gasteiger charge is 1.92. The van der Waals surface area contributed by atoms with E-state index < -0.39 is 0 Å². The number of nitrogens with one attached hydrogen (secondary N) is 1. The van der Waals surface area contributed by atoms with Gasteiger partial charge in [-0.05, 0) is 0 Å². The molecule has 0 unspecified atom stereocenters. The molecule has 0 spiro atoms. The van der Waals surface area contributed by atoms with Gasteiger partial charge in [-0.3, -0.25) is 0 Å². The van der Waals surface area contributed by atoms with Gasteiger partial charge in [0.2, 0.25) is 15.2 Å². The molecule has 0 amide bonds. The maximum Gasteiger partial charge on any atom is 0.236 e. The second-order valence-corrected chi connectivity index (χ2v) is 6.54. The van der Waals surface area contributed by atoms with Crippen LogP contribution < -0.4 is 5.32 Å². The lowest BCUT2D eigenvalue weighted by molar-refractivity contribution is 0.518. The third-order valence-corrected chi connectivity index (χ3v) is 2.79. The molecule has 0 fully saturated rings. The molecule has 12 heavy (non-hydrogen) atoms. The molecule has 0 aromatic heterocycles. The van der Waals surface area contributed by atoms with Crippen LogP contribution in [0.2, 0.25) is 10.6 Å². The first-order chi connectivity index (χ1) is 5.54. The first-order valence-corrected chi connectivity index (χ1v) is 7.30. The Balaban J connectivity index is 0. The topological polar surface area (TPSA) is 12.0 Å². The van der Waals surface area contributed by atoms with Crippen molar-refractivity contribution in [1.29, 1.82) is 0 Å². The lowest BCUT2D eigenvalue weighted by Gasteiger charge is -2.10. The molecule has 0 atom stereocenters. The van der Waals surface area contributed by atoms with Gasteiger partial charge in [-0.15, -0.1) is 10.6 Å². The predicted molar refractivity (Wildman–Crippen MR) is 61.5 cm³/mol. The van der Waals surface area contributed by atoms with Gasteiger partial charge in [0, 0.05) is 12.1 Å². The van der Waals surface area contributed by atoms with Crippen LogP contribution >= 0.6 is 0 Å². The second-order valence-electron chi connectivity index (χ2n) is 3.83. The standard InChI is InChI=1S/C6H15N.2C2H5.Al.H/c1-5(2)7-6(3)4;2*1-2;;/h5-7H,1-4H3;2*1H2,2H3;;. The zero-order chi connectivity index (χ0) is 9.98. The summed E-state index contributed by atoms with van der Waals surface area (Å²) in [6, 6.07) is 1.25. The molecule has 0 radical (unpaired) electrons. The van der Waals surface area contributed by atoms with E-state index in [-0.39, 0.29) is 0 Å². The summed E-state index contributed by atoms with van der Waals surface area (Å²) >= 11 is 0.432. The van der Waals surface area contributed by atoms with Crippen LogP contribution in [0.4, 0.5) is 0 Å². The number of rotatable bonds is 4. The number of hydrogen-bond donors (Lipinski definition) is 1. The maximum absolute atomic E-state index is 3.31. The van der Waals surface area contributed by atoms with Gasteiger partial charge in [0.05, 0.1) is 0 Å². The Hall–Kier alpha value is 0.492. The van der Waals surface area contributed by atoms with Crippen LogP contribution in [-0.4, -0.2) is 27.3 Å². The van der Waals surface area contributed by atoms with Gasteiger partial charge in [-0.2, -0.15) is 0 Å². The van der Waals surface area contributed by atoms with Crippen molar-refractivity contribution in [2.45, 2.75) is 64.2 Å². The minimum absolute atomic E-state index is 0.432. The summed E-state index contributed by atoms with van der Waals surface area (Å²) < 4.78 is 0. The summed E-state index contributed by atoms with van der Waals surface area (Å²) in [5.74, 6) is 0. The molecule has 0 bridgehead atoms. The highest BCUT2D eigenvalue weighted by Crippen LogP contribution is 1.80. The summed E-state index contributed by atoms with van der Waals surface area (Å²) in [5.41, 5.74) is 0. The van der Waals surface area contributed by atoms with E-state index in [2.05, 4.69) is 46.9 Å². The van der Waals surface area contributed by atoms with E-state index in [4.69, 9.17) is 0 Å². The zero-order valence-electron chi connectivity index (χ0n) is 9.78. The second kappa shape index (κ2) is 11.5. The fraction of sp³-hybridized carbons (Fsp3) is 1.00. The van der Waals surface area contributed by atoms with Gasteiger partial charge in [-0.25, -0.2) is 0 Å². The minimum atomic E-state index is 0.432. The van der Waals surface area contributed by atoms with Crippen molar-refractivity contribution in [1.82, 2.24) is 5.32 Å². The van der Waals surface area contributed by atoms with Crippen LogP contribution in [-0.2, 0) is 0 Å². The van der Waals surface area contributed by atoms with Gasteiger partial charge in [-0.1, -0.05) is 41.5 Å². The molecule has 0 saturated carbocycles. The summed E-state index contributed by atoms with van der Waals surface area (Å²) in [6.07, 6.45) is 0. The first kappa shape index (κ1) is 15.0. The lowest BCUT2D eigenvalue weighted by atomic mass is 10.3. The average Bonchev–Trinajstić information content (AvgIpc) is 1.87. The minimum Gasteiger partial charge on any atom is -0.312 e. The Bertz CT molecular complexity index is 64.2. The molecule has 0 aliphatic rings. The van der Waals surface area contributed by atoms with Crippen molar-refractivity contribution in [2.75, 3.05) is 0 Å². The van der Waals surface area contributed by atoms with E-state index in [1.807, 2.05) is 0 Å². The summed E-state index contributed by atoms with van der Waals surface area (Å²) in [6.45, 7) is 13.2. The highest BCUT2D eigenvalue weighted by molar-refractivity contribution is 6.34. The predicted octanol–water partition coefficient (Wildman–Crippen LogP) is 2.69. The van der Waals surface area contributed by atoms with Crippen molar-refractivity contribution in [3.05, 3.63) is 0 Å². The zero-order valence-corrected chi connectivity index (χ0v) is 11.2. The molecule has 0 aliphatic heterocycles. The fourth-order valence-electron chi connectivity index (χ4n) is 1.02. The van der Waals surface area contributed by atoms with E-state index in [1.54, 1.807) is 0 Å². The van der Waals surface area contributed by atoms with Crippen LogP contribution in [0.3, 0.4) is 0 Å². The Labute approximate surface area is 85.0 Å². The SMILES string of the molecule is CC(C)NC(C)C.C[CH2][AlH][CH2]C. The highest BCUT2D eigenvalue weighted by atomic mass is 27.1. The number of hydrogen-bond acceptors (Lipinski definition) is 1. The first-order valence-electron chi connectivity index (χ1n) is 5.30. The van der Waals surface area contributed by atoms with E-state index in [9.17, 15) is 0 Å². The van der Waals surface area contributed by atoms with Gasteiger partial charge >= 0.3 is 0 Å². The normalized spacial score (nSPS) is 9.67. The van der Waals surface area contributed by atoms with Crippen LogP contribution in [0.5, 0.6) is 0 Å². The molecule has 0 aromatic carbocycles. The molecule has 1 N–H and O–H groups in total. The maximum atomic E-state index is 3.31. The van der Waals surface area contributed by atoms with Gasteiger partial charge < -0.3 is 5.32 Å². The van der Waals surface area contributed by atoms with Crippen LogP contribution in [0, 0.1) is 0 Å². The quantitative estimate of drug-likeness (QED) is 0.667. The molecular weight excluding hydrogens is 161 g/mol. The molecular formula is C10H26AlN. The van der Waals surface area contributed by atoms with E-state index in [0.29, 0.717) is 27.3 Å². The van der Waals surface area contributed by atoms with Gasteiger partial charge in [0.15, 0.2) is 0 Å². The largest absolute Gasteiger partial charge is 0.312 e. The lowest BCUT2D eigenvalue weighted by Crippen LogP contribution is -2.29. The summed E-state index contributed by atoms with van der Waals surface area (Å²) in [5, 5.41) is 6.27. The Morgan fingerprint density at radius 1 is 0.917 bits per heavy atom. The average molecular weight is 187 g/mol. The fourth-order valence-corrected chi connectivity index (χ4v) is 1.73. The Kier molecular flexibility index (Phi) is 14.4. The van der Waals surface area contributed by atoms with Crippen molar-refractivity contribution >= 4 is 15.2 Å². The third kappa shape index (κ3) is 22.4. The Morgan fingerprint density at radius 3 is 1.25 bits per heavy atom.